The number of hydrogen-bond donors (Lipinski definition) is 1. The molecule has 0 spiro atoms. The zero-order valence-electron chi connectivity index (χ0n) is 9.28. The lowest BCUT2D eigenvalue weighted by Crippen LogP contribution is -2.24. The Morgan fingerprint density at radius 1 is 1.29 bits per heavy atom. The summed E-state index contributed by atoms with van der Waals surface area (Å²) in [6.45, 7) is 0. The van der Waals surface area contributed by atoms with Crippen LogP contribution >= 0.6 is 39.0 Å². The third kappa shape index (κ3) is 2.77. The molecule has 1 aromatic heterocycles. The van der Waals surface area contributed by atoms with E-state index in [1.807, 2.05) is 0 Å². The number of anilines is 1. The largest absolute Gasteiger partial charge is 0.359 e. The molecule has 1 saturated heterocycles. The van der Waals surface area contributed by atoms with Crippen LogP contribution in [0.2, 0.25) is 0 Å². The van der Waals surface area contributed by atoms with Crippen molar-refractivity contribution in [1.29, 1.82) is 0 Å². The summed E-state index contributed by atoms with van der Waals surface area (Å²) in [5.41, 5.74) is 1.08. The number of halogens is 1. The van der Waals surface area contributed by atoms with E-state index in [1.165, 1.54) is 29.0 Å². The summed E-state index contributed by atoms with van der Waals surface area (Å²) in [6.07, 6.45) is 2.51. The summed E-state index contributed by atoms with van der Waals surface area (Å²) in [6, 6.07) is 6.88. The summed E-state index contributed by atoms with van der Waals surface area (Å²) >= 11 is 7.28. The average Bonchev–Trinajstić information content (AvgIpc) is 2.71. The Labute approximate surface area is 117 Å². The van der Waals surface area contributed by atoms with Crippen LogP contribution in [0.1, 0.15) is 12.8 Å². The number of hydrogen-bond acceptors (Lipinski definition) is 4. The molecule has 0 bridgehead atoms. The second-order valence-corrected chi connectivity index (χ2v) is 7.33. The van der Waals surface area contributed by atoms with Crippen LogP contribution in [0.25, 0.3) is 10.2 Å². The Kier molecular flexibility index (Phi) is 3.59. The molecule has 1 aliphatic heterocycles. The molecule has 0 aliphatic carbocycles. The Morgan fingerprint density at radius 2 is 2.12 bits per heavy atom. The summed E-state index contributed by atoms with van der Waals surface area (Å²) in [5.74, 6) is 2.54. The number of benzene rings is 1. The van der Waals surface area contributed by atoms with E-state index in [4.69, 9.17) is 0 Å². The minimum absolute atomic E-state index is 0.611. The second-order valence-electron chi connectivity index (χ2n) is 4.16. The number of fused-ring (bicyclic) bond motifs is 1. The zero-order valence-corrected chi connectivity index (χ0v) is 12.5. The molecule has 0 amide bonds. The minimum Gasteiger partial charge on any atom is -0.359 e. The molecule has 1 aliphatic rings. The number of aromatic nitrogens is 1. The van der Waals surface area contributed by atoms with Gasteiger partial charge in [-0.05, 0) is 42.5 Å². The molecule has 2 nitrogen and oxygen atoms in total. The van der Waals surface area contributed by atoms with Crippen molar-refractivity contribution in [3.63, 3.8) is 0 Å². The quantitative estimate of drug-likeness (QED) is 0.886. The standard InChI is InChI=1S/C12H13BrN2S2/c13-8-1-2-11-10(7-8)15-12(17-11)14-9-3-5-16-6-4-9/h1-2,7,9H,3-6H2,(H,14,15). The highest BCUT2D eigenvalue weighted by Crippen LogP contribution is 2.30. The van der Waals surface area contributed by atoms with Crippen LogP contribution in [0.5, 0.6) is 0 Å². The van der Waals surface area contributed by atoms with Crippen molar-refractivity contribution in [3.8, 4) is 0 Å². The fourth-order valence-corrected chi connectivity index (χ4v) is 4.36. The lowest BCUT2D eigenvalue weighted by Gasteiger charge is -2.21. The van der Waals surface area contributed by atoms with Crippen LogP contribution in [0.3, 0.4) is 0 Å². The predicted octanol–water partition coefficient (Wildman–Crippen LogP) is 4.37. The van der Waals surface area contributed by atoms with Crippen LogP contribution < -0.4 is 5.32 Å². The van der Waals surface area contributed by atoms with Crippen LogP contribution in [0.4, 0.5) is 5.13 Å². The maximum atomic E-state index is 4.64. The number of thioether (sulfide) groups is 1. The van der Waals surface area contributed by atoms with Crippen LogP contribution in [-0.2, 0) is 0 Å². The van der Waals surface area contributed by atoms with Gasteiger partial charge in [-0.1, -0.05) is 27.3 Å². The Hall–Kier alpha value is -0.260. The number of thiazole rings is 1. The van der Waals surface area contributed by atoms with Crippen molar-refractivity contribution in [2.45, 2.75) is 18.9 Å². The lowest BCUT2D eigenvalue weighted by atomic mass is 10.2. The Morgan fingerprint density at radius 3 is 2.94 bits per heavy atom. The van der Waals surface area contributed by atoms with Gasteiger partial charge in [-0.2, -0.15) is 11.8 Å². The highest BCUT2D eigenvalue weighted by molar-refractivity contribution is 9.10. The second kappa shape index (κ2) is 5.16. The molecular weight excluding hydrogens is 316 g/mol. The Bertz CT molecular complexity index is 520. The molecule has 17 heavy (non-hydrogen) atoms. The first-order chi connectivity index (χ1) is 8.31. The number of rotatable bonds is 2. The van der Waals surface area contributed by atoms with Crippen molar-refractivity contribution in [1.82, 2.24) is 4.98 Å². The number of nitrogens with one attached hydrogen (secondary N) is 1. The predicted molar refractivity (Wildman–Crippen MR) is 81.3 cm³/mol. The highest BCUT2D eigenvalue weighted by Gasteiger charge is 2.15. The Balaban J connectivity index is 1.80. The summed E-state index contributed by atoms with van der Waals surface area (Å²) < 4.78 is 2.34. The van der Waals surface area contributed by atoms with Gasteiger partial charge in [0, 0.05) is 10.5 Å². The number of nitrogens with zero attached hydrogens (tertiary/aromatic N) is 1. The molecule has 0 saturated carbocycles. The maximum Gasteiger partial charge on any atom is 0.184 e. The van der Waals surface area contributed by atoms with Gasteiger partial charge >= 0.3 is 0 Å². The van der Waals surface area contributed by atoms with Gasteiger partial charge < -0.3 is 5.32 Å². The van der Waals surface area contributed by atoms with E-state index < -0.39 is 0 Å². The van der Waals surface area contributed by atoms with Gasteiger partial charge in [0.25, 0.3) is 0 Å². The van der Waals surface area contributed by atoms with Crippen molar-refractivity contribution in [3.05, 3.63) is 22.7 Å². The van der Waals surface area contributed by atoms with E-state index in [9.17, 15) is 0 Å². The van der Waals surface area contributed by atoms with Gasteiger partial charge in [-0.3, -0.25) is 0 Å². The van der Waals surface area contributed by atoms with Crippen LogP contribution in [0, 0.1) is 0 Å². The molecule has 1 N–H and O–H groups in total. The lowest BCUT2D eigenvalue weighted by molar-refractivity contribution is 0.666. The van der Waals surface area contributed by atoms with Crippen LogP contribution in [0.15, 0.2) is 22.7 Å². The summed E-state index contributed by atoms with van der Waals surface area (Å²) in [7, 11) is 0. The van der Waals surface area contributed by atoms with Gasteiger partial charge in [-0.25, -0.2) is 4.98 Å². The monoisotopic (exact) mass is 328 g/mol. The van der Waals surface area contributed by atoms with Crippen molar-refractivity contribution in [2.75, 3.05) is 16.8 Å². The molecule has 1 fully saturated rings. The summed E-state index contributed by atoms with van der Waals surface area (Å²) in [4.78, 5) is 4.64. The minimum atomic E-state index is 0.611. The van der Waals surface area contributed by atoms with E-state index in [1.54, 1.807) is 11.3 Å². The van der Waals surface area contributed by atoms with E-state index in [-0.39, 0.29) is 0 Å². The highest BCUT2D eigenvalue weighted by atomic mass is 79.9. The van der Waals surface area contributed by atoms with Crippen molar-refractivity contribution in [2.24, 2.45) is 0 Å². The van der Waals surface area contributed by atoms with E-state index in [0.717, 1.165) is 15.1 Å². The molecule has 5 heteroatoms. The fourth-order valence-electron chi connectivity index (χ4n) is 1.98. The molecule has 3 rings (SSSR count). The fraction of sp³-hybridized carbons (Fsp3) is 0.417. The van der Waals surface area contributed by atoms with Crippen LogP contribution in [-0.4, -0.2) is 22.5 Å². The molecule has 0 unspecified atom stereocenters. The molecule has 0 atom stereocenters. The first kappa shape index (κ1) is 11.8. The maximum absolute atomic E-state index is 4.64. The SMILES string of the molecule is Brc1ccc2sc(NC3CCSCC3)nc2c1. The third-order valence-electron chi connectivity index (χ3n) is 2.90. The molecule has 90 valence electrons. The van der Waals surface area contributed by atoms with E-state index in [0.29, 0.717) is 6.04 Å². The molecule has 1 aromatic carbocycles. The third-order valence-corrected chi connectivity index (χ3v) is 5.41. The van der Waals surface area contributed by atoms with E-state index >= 15 is 0 Å². The van der Waals surface area contributed by atoms with Gasteiger partial charge in [0.15, 0.2) is 5.13 Å². The van der Waals surface area contributed by atoms with Gasteiger partial charge in [0.2, 0.25) is 0 Å². The summed E-state index contributed by atoms with van der Waals surface area (Å²) in [5, 5.41) is 4.63. The average molecular weight is 329 g/mol. The molecular formula is C12H13BrN2S2. The normalized spacial score (nSPS) is 17.5. The zero-order chi connectivity index (χ0) is 11.7. The van der Waals surface area contributed by atoms with Crippen molar-refractivity contribution >= 4 is 54.4 Å². The van der Waals surface area contributed by atoms with Gasteiger partial charge in [-0.15, -0.1) is 0 Å². The van der Waals surface area contributed by atoms with Gasteiger partial charge in [0.05, 0.1) is 10.2 Å². The van der Waals surface area contributed by atoms with Gasteiger partial charge in [0.1, 0.15) is 0 Å². The van der Waals surface area contributed by atoms with Crippen molar-refractivity contribution < 1.29 is 0 Å². The molecule has 2 heterocycles. The smallest absolute Gasteiger partial charge is 0.184 e. The first-order valence-corrected chi connectivity index (χ1v) is 8.48. The van der Waals surface area contributed by atoms with E-state index in [2.05, 4.69) is 56.2 Å². The molecule has 2 aromatic rings. The topological polar surface area (TPSA) is 24.9 Å². The first-order valence-electron chi connectivity index (χ1n) is 5.71. The molecule has 0 radical (unpaired) electrons.